The van der Waals surface area contributed by atoms with Gasteiger partial charge in [-0.3, -0.25) is 14.6 Å². The van der Waals surface area contributed by atoms with Crippen LogP contribution < -0.4 is 0 Å². The SMILES string of the molecule is Cc1nc2ccccc2n1C1C[C@H]2CC[C@@H](C1)N2CCC1(c2cccc(F)c2)CCN(C(C(=O)O)c2ccc(F)cc2)CC1. The summed E-state index contributed by atoms with van der Waals surface area (Å²) in [6.45, 7) is 4.22. The Morgan fingerprint density at radius 1 is 0.932 bits per heavy atom. The number of nitrogens with zero attached hydrogens (tertiary/aromatic N) is 4. The van der Waals surface area contributed by atoms with E-state index in [2.05, 4.69) is 40.7 Å². The molecule has 3 saturated heterocycles. The molecule has 4 heterocycles. The summed E-state index contributed by atoms with van der Waals surface area (Å²) in [5.74, 6) is -0.465. The third kappa shape index (κ3) is 5.32. The van der Waals surface area contributed by atoms with Crippen LogP contribution in [0.2, 0.25) is 0 Å². The van der Waals surface area contributed by atoms with Crippen LogP contribution in [-0.2, 0) is 10.2 Å². The Balaban J connectivity index is 1.09. The molecule has 0 radical (unpaired) electrons. The molecule has 1 N–H and O–H groups in total. The molecule has 1 aromatic heterocycles. The lowest BCUT2D eigenvalue weighted by Gasteiger charge is -2.46. The number of carboxylic acid groups (broad SMARTS) is 1. The van der Waals surface area contributed by atoms with Gasteiger partial charge in [-0.15, -0.1) is 0 Å². The second kappa shape index (κ2) is 11.7. The van der Waals surface area contributed by atoms with E-state index >= 15 is 0 Å². The molecule has 3 aliphatic rings. The summed E-state index contributed by atoms with van der Waals surface area (Å²) < 4.78 is 30.6. The molecule has 2 unspecified atom stereocenters. The first kappa shape index (κ1) is 29.1. The van der Waals surface area contributed by atoms with Gasteiger partial charge in [0.25, 0.3) is 0 Å². The molecule has 7 rings (SSSR count). The van der Waals surface area contributed by atoms with E-state index in [4.69, 9.17) is 4.98 Å². The minimum Gasteiger partial charge on any atom is -0.480 e. The van der Waals surface area contributed by atoms with Crippen molar-refractivity contribution in [2.75, 3.05) is 19.6 Å². The Hall–Kier alpha value is -3.62. The second-order valence-electron chi connectivity index (χ2n) is 13.1. The average Bonchev–Trinajstić information content (AvgIpc) is 3.48. The summed E-state index contributed by atoms with van der Waals surface area (Å²) >= 11 is 0. The summed E-state index contributed by atoms with van der Waals surface area (Å²) in [5, 5.41) is 10.1. The second-order valence-corrected chi connectivity index (χ2v) is 13.1. The summed E-state index contributed by atoms with van der Waals surface area (Å²) in [5.41, 5.74) is 3.64. The van der Waals surface area contributed by atoms with E-state index in [0.29, 0.717) is 36.8 Å². The number of carbonyl (C=O) groups is 1. The van der Waals surface area contributed by atoms with Gasteiger partial charge in [-0.1, -0.05) is 36.4 Å². The molecule has 8 heteroatoms. The molecular weight excluding hydrogens is 558 g/mol. The number of hydrogen-bond acceptors (Lipinski definition) is 4. The third-order valence-electron chi connectivity index (χ3n) is 10.8. The summed E-state index contributed by atoms with van der Waals surface area (Å²) in [6.07, 6.45) is 7.01. The molecule has 6 nitrogen and oxygen atoms in total. The van der Waals surface area contributed by atoms with Gasteiger partial charge in [0.1, 0.15) is 23.5 Å². The van der Waals surface area contributed by atoms with Crippen molar-refractivity contribution in [3.8, 4) is 0 Å². The monoisotopic (exact) mass is 598 g/mol. The maximum Gasteiger partial charge on any atom is 0.325 e. The number of piperidine rings is 2. The van der Waals surface area contributed by atoms with Crippen molar-refractivity contribution in [1.29, 1.82) is 0 Å². The highest BCUT2D eigenvalue weighted by atomic mass is 19.1. The summed E-state index contributed by atoms with van der Waals surface area (Å²) in [7, 11) is 0. The number of aryl methyl sites for hydroxylation is 1. The van der Waals surface area contributed by atoms with Crippen LogP contribution in [0, 0.1) is 18.6 Å². The molecule has 4 aromatic rings. The van der Waals surface area contributed by atoms with Crippen LogP contribution in [-0.4, -0.2) is 62.1 Å². The smallest absolute Gasteiger partial charge is 0.325 e. The minimum absolute atomic E-state index is 0.233. The van der Waals surface area contributed by atoms with Crippen molar-refractivity contribution in [2.45, 2.75) is 81.5 Å². The maximum atomic E-state index is 14.6. The number of carboxylic acids is 1. The van der Waals surface area contributed by atoms with Crippen molar-refractivity contribution < 1.29 is 18.7 Å². The van der Waals surface area contributed by atoms with E-state index in [0.717, 1.165) is 55.6 Å². The third-order valence-corrected chi connectivity index (χ3v) is 10.8. The fourth-order valence-electron chi connectivity index (χ4n) is 8.66. The molecule has 0 amide bonds. The number of rotatable bonds is 8. The number of fused-ring (bicyclic) bond motifs is 3. The standard InChI is InChI=1S/C36H40F2N4O2/c1-24-39-32-7-2-3-8-33(32)42(24)31-22-29-13-14-30(23-31)41(29)20-17-36(26-5-4-6-28(38)21-26)15-18-40(19-16-36)34(35(43)44)25-9-11-27(37)12-10-25/h2-12,21,29-31,34H,13-20,22-23H2,1H3,(H,43,44)/t29-,30+,31?,34?. The van der Waals surface area contributed by atoms with Gasteiger partial charge in [-0.05, 0) is 111 Å². The van der Waals surface area contributed by atoms with Crippen LogP contribution in [0.5, 0.6) is 0 Å². The molecule has 3 aliphatic heterocycles. The maximum absolute atomic E-state index is 14.6. The van der Waals surface area contributed by atoms with Gasteiger partial charge in [0.15, 0.2) is 0 Å². The lowest BCUT2D eigenvalue weighted by atomic mass is 9.70. The van der Waals surface area contributed by atoms with Crippen molar-refractivity contribution in [3.05, 3.63) is 101 Å². The molecular formula is C36H40F2N4O2. The zero-order chi connectivity index (χ0) is 30.4. The molecule has 3 aromatic carbocycles. The lowest BCUT2D eigenvalue weighted by Crippen LogP contribution is -2.49. The van der Waals surface area contributed by atoms with Gasteiger partial charge in [0.05, 0.1) is 11.0 Å². The predicted molar refractivity (Wildman–Crippen MR) is 167 cm³/mol. The van der Waals surface area contributed by atoms with E-state index in [1.165, 1.54) is 36.6 Å². The van der Waals surface area contributed by atoms with Crippen molar-refractivity contribution in [3.63, 3.8) is 0 Å². The fourth-order valence-corrected chi connectivity index (χ4v) is 8.66. The van der Waals surface area contributed by atoms with Crippen LogP contribution in [0.25, 0.3) is 11.0 Å². The summed E-state index contributed by atoms with van der Waals surface area (Å²) in [4.78, 5) is 21.9. The average molecular weight is 599 g/mol. The Morgan fingerprint density at radius 3 is 2.32 bits per heavy atom. The number of aliphatic carboxylic acids is 1. The molecule has 2 bridgehead atoms. The Kier molecular flexibility index (Phi) is 7.75. The number of likely N-dealkylation sites (tertiary alicyclic amines) is 1. The number of para-hydroxylation sites is 2. The van der Waals surface area contributed by atoms with E-state index in [9.17, 15) is 18.7 Å². The van der Waals surface area contributed by atoms with Crippen LogP contribution in [0.1, 0.15) is 74.0 Å². The van der Waals surface area contributed by atoms with Gasteiger partial charge in [0, 0.05) is 31.2 Å². The van der Waals surface area contributed by atoms with Gasteiger partial charge >= 0.3 is 5.97 Å². The molecule has 3 fully saturated rings. The quantitative estimate of drug-likeness (QED) is 0.236. The molecule has 4 atom stereocenters. The number of benzene rings is 3. The lowest BCUT2D eigenvalue weighted by molar-refractivity contribution is -0.144. The van der Waals surface area contributed by atoms with E-state index in [1.54, 1.807) is 24.3 Å². The Labute approximate surface area is 257 Å². The largest absolute Gasteiger partial charge is 0.480 e. The van der Waals surface area contributed by atoms with E-state index in [-0.39, 0.29) is 17.0 Å². The zero-order valence-corrected chi connectivity index (χ0v) is 25.2. The highest BCUT2D eigenvalue weighted by Gasteiger charge is 2.45. The van der Waals surface area contributed by atoms with Crippen molar-refractivity contribution >= 4 is 17.0 Å². The highest BCUT2D eigenvalue weighted by Crippen LogP contribution is 2.45. The topological polar surface area (TPSA) is 61.6 Å². The molecule has 0 aliphatic carbocycles. The Bertz CT molecular complexity index is 1630. The highest BCUT2D eigenvalue weighted by molar-refractivity contribution is 5.76. The molecule has 0 spiro atoms. The first-order valence-electron chi connectivity index (χ1n) is 16.0. The van der Waals surface area contributed by atoms with Crippen LogP contribution >= 0.6 is 0 Å². The number of halogens is 2. The molecule has 44 heavy (non-hydrogen) atoms. The van der Waals surface area contributed by atoms with Crippen LogP contribution in [0.3, 0.4) is 0 Å². The minimum atomic E-state index is -0.935. The number of aromatic nitrogens is 2. The van der Waals surface area contributed by atoms with Gasteiger partial charge in [-0.2, -0.15) is 0 Å². The first-order valence-corrected chi connectivity index (χ1v) is 16.0. The van der Waals surface area contributed by atoms with E-state index < -0.39 is 12.0 Å². The van der Waals surface area contributed by atoms with Crippen molar-refractivity contribution in [2.24, 2.45) is 0 Å². The molecule has 0 saturated carbocycles. The zero-order valence-electron chi connectivity index (χ0n) is 25.2. The first-order chi connectivity index (χ1) is 21.3. The predicted octanol–water partition coefficient (Wildman–Crippen LogP) is 7.04. The summed E-state index contributed by atoms with van der Waals surface area (Å²) in [6, 6.07) is 21.8. The Morgan fingerprint density at radius 2 is 1.64 bits per heavy atom. The van der Waals surface area contributed by atoms with Gasteiger partial charge < -0.3 is 9.67 Å². The van der Waals surface area contributed by atoms with Crippen LogP contribution in [0.4, 0.5) is 8.78 Å². The van der Waals surface area contributed by atoms with Crippen LogP contribution in [0.15, 0.2) is 72.8 Å². The normalized spacial score (nSPS) is 24.5. The van der Waals surface area contributed by atoms with Gasteiger partial charge in [0.2, 0.25) is 0 Å². The van der Waals surface area contributed by atoms with Crippen molar-refractivity contribution in [1.82, 2.24) is 19.4 Å². The number of imidazole rings is 1. The van der Waals surface area contributed by atoms with E-state index in [1.807, 2.05) is 11.0 Å². The number of hydrogen-bond donors (Lipinski definition) is 1. The fraction of sp³-hybridized carbons (Fsp3) is 0.444. The molecule has 230 valence electrons. The van der Waals surface area contributed by atoms with Gasteiger partial charge in [-0.25, -0.2) is 13.8 Å².